The highest BCUT2D eigenvalue weighted by molar-refractivity contribution is 9.10. The molecule has 0 aliphatic heterocycles. The number of hydrogen-bond acceptors (Lipinski definition) is 2. The van der Waals surface area contributed by atoms with Crippen LogP contribution >= 0.6 is 27.3 Å². The van der Waals surface area contributed by atoms with Crippen molar-refractivity contribution in [2.24, 2.45) is 0 Å². The van der Waals surface area contributed by atoms with E-state index in [2.05, 4.69) is 28.2 Å². The van der Waals surface area contributed by atoms with Gasteiger partial charge in [-0.25, -0.2) is 0 Å². The number of carbonyl (C=O) groups excluding carboxylic acids is 1. The van der Waals surface area contributed by atoms with Gasteiger partial charge in [-0.1, -0.05) is 13.3 Å². The van der Waals surface area contributed by atoms with Gasteiger partial charge in [0.15, 0.2) is 0 Å². The second-order valence-electron chi connectivity index (χ2n) is 2.74. The topological polar surface area (TPSA) is 29.1 Å². The summed E-state index contributed by atoms with van der Waals surface area (Å²) in [5, 5.41) is 4.78. The fourth-order valence-corrected chi connectivity index (χ4v) is 2.24. The van der Waals surface area contributed by atoms with Crippen molar-refractivity contribution >= 4 is 33.2 Å². The molecule has 0 bridgehead atoms. The zero-order chi connectivity index (χ0) is 9.68. The summed E-state index contributed by atoms with van der Waals surface area (Å²) >= 11 is 4.77. The second-order valence-corrected chi connectivity index (χ2v) is 4.57. The molecule has 1 aromatic heterocycles. The first-order valence-corrected chi connectivity index (χ1v) is 5.93. The van der Waals surface area contributed by atoms with Crippen LogP contribution in [0.15, 0.2) is 15.9 Å². The van der Waals surface area contributed by atoms with E-state index in [0.717, 1.165) is 28.7 Å². The summed E-state index contributed by atoms with van der Waals surface area (Å²) < 4.78 is 0.971. The van der Waals surface area contributed by atoms with E-state index < -0.39 is 0 Å². The normalized spacial score (nSPS) is 10.0. The van der Waals surface area contributed by atoms with E-state index in [1.165, 1.54) is 11.3 Å². The molecule has 1 aromatic rings. The van der Waals surface area contributed by atoms with Crippen LogP contribution in [0.3, 0.4) is 0 Å². The van der Waals surface area contributed by atoms with Gasteiger partial charge in [0.2, 0.25) is 0 Å². The molecule has 0 aromatic carbocycles. The first-order valence-electron chi connectivity index (χ1n) is 4.26. The molecular formula is C9H12BrNOS. The van der Waals surface area contributed by atoms with Gasteiger partial charge in [-0.15, -0.1) is 11.3 Å². The Kier molecular flexibility index (Phi) is 4.45. The number of carbonyl (C=O) groups is 1. The molecule has 0 unspecified atom stereocenters. The van der Waals surface area contributed by atoms with Crippen LogP contribution in [0.2, 0.25) is 0 Å². The highest BCUT2D eigenvalue weighted by Crippen LogP contribution is 2.19. The summed E-state index contributed by atoms with van der Waals surface area (Å²) in [6, 6.07) is 1.84. The molecule has 72 valence electrons. The molecule has 0 aliphatic carbocycles. The van der Waals surface area contributed by atoms with Crippen molar-refractivity contribution in [3.8, 4) is 0 Å². The van der Waals surface area contributed by atoms with Gasteiger partial charge in [-0.2, -0.15) is 0 Å². The molecule has 0 saturated heterocycles. The predicted octanol–water partition coefficient (Wildman–Crippen LogP) is 3.04. The Morgan fingerprint density at radius 3 is 3.00 bits per heavy atom. The molecule has 1 amide bonds. The van der Waals surface area contributed by atoms with Crippen LogP contribution in [0.1, 0.15) is 29.4 Å². The van der Waals surface area contributed by atoms with Gasteiger partial charge in [-0.3, -0.25) is 4.79 Å². The van der Waals surface area contributed by atoms with Gasteiger partial charge in [0.05, 0.1) is 4.88 Å². The third kappa shape index (κ3) is 3.48. The van der Waals surface area contributed by atoms with E-state index in [9.17, 15) is 4.79 Å². The van der Waals surface area contributed by atoms with E-state index in [1.54, 1.807) is 0 Å². The predicted molar refractivity (Wildman–Crippen MR) is 59.3 cm³/mol. The Balaban J connectivity index is 2.40. The van der Waals surface area contributed by atoms with Crippen LogP contribution in [-0.4, -0.2) is 12.5 Å². The summed E-state index contributed by atoms with van der Waals surface area (Å²) in [5.41, 5.74) is 0. The molecule has 13 heavy (non-hydrogen) atoms. The number of halogens is 1. The number of unbranched alkanes of at least 4 members (excludes halogenated alkanes) is 1. The van der Waals surface area contributed by atoms with Gasteiger partial charge in [-0.05, 0) is 28.4 Å². The van der Waals surface area contributed by atoms with E-state index >= 15 is 0 Å². The minimum Gasteiger partial charge on any atom is -0.351 e. The molecule has 0 fully saturated rings. The Bertz CT molecular complexity index is 285. The average Bonchev–Trinajstić information content (AvgIpc) is 2.52. The Morgan fingerprint density at radius 2 is 2.46 bits per heavy atom. The zero-order valence-corrected chi connectivity index (χ0v) is 9.87. The fraction of sp³-hybridized carbons (Fsp3) is 0.444. The third-order valence-electron chi connectivity index (χ3n) is 1.61. The minimum atomic E-state index is 0.0316. The molecule has 4 heteroatoms. The smallest absolute Gasteiger partial charge is 0.261 e. The summed E-state index contributed by atoms with van der Waals surface area (Å²) in [6.07, 6.45) is 2.15. The minimum absolute atomic E-state index is 0.0316. The number of hydrogen-bond donors (Lipinski definition) is 1. The van der Waals surface area contributed by atoms with E-state index in [-0.39, 0.29) is 5.91 Å². The van der Waals surface area contributed by atoms with Crippen molar-refractivity contribution in [2.75, 3.05) is 6.54 Å². The number of amides is 1. The van der Waals surface area contributed by atoms with Crippen molar-refractivity contribution in [3.63, 3.8) is 0 Å². The van der Waals surface area contributed by atoms with Crippen molar-refractivity contribution < 1.29 is 4.79 Å². The quantitative estimate of drug-likeness (QED) is 0.830. The molecule has 0 spiro atoms. The summed E-state index contributed by atoms with van der Waals surface area (Å²) in [6.45, 7) is 2.87. The lowest BCUT2D eigenvalue weighted by Gasteiger charge is -2.00. The SMILES string of the molecule is CCCCNC(=O)c1cc(Br)cs1. The highest BCUT2D eigenvalue weighted by Gasteiger charge is 2.06. The fourth-order valence-electron chi connectivity index (χ4n) is 0.898. The van der Waals surface area contributed by atoms with Crippen LogP contribution in [0, 0.1) is 0 Å². The number of rotatable bonds is 4. The summed E-state index contributed by atoms with van der Waals surface area (Å²) in [4.78, 5) is 12.2. The Morgan fingerprint density at radius 1 is 1.69 bits per heavy atom. The average molecular weight is 262 g/mol. The molecule has 1 rings (SSSR count). The first-order chi connectivity index (χ1) is 6.24. The van der Waals surface area contributed by atoms with Crippen molar-refractivity contribution in [2.45, 2.75) is 19.8 Å². The van der Waals surface area contributed by atoms with Gasteiger partial charge in [0.25, 0.3) is 5.91 Å². The molecule has 1 heterocycles. The van der Waals surface area contributed by atoms with Gasteiger partial charge >= 0.3 is 0 Å². The summed E-state index contributed by atoms with van der Waals surface area (Å²) in [7, 11) is 0. The second kappa shape index (κ2) is 5.40. The molecule has 0 atom stereocenters. The zero-order valence-electron chi connectivity index (χ0n) is 7.47. The van der Waals surface area contributed by atoms with Crippen LogP contribution in [0.5, 0.6) is 0 Å². The molecule has 0 aliphatic rings. The number of thiophene rings is 1. The first kappa shape index (κ1) is 10.7. The maximum Gasteiger partial charge on any atom is 0.261 e. The number of nitrogens with one attached hydrogen (secondary N) is 1. The maximum absolute atomic E-state index is 11.4. The van der Waals surface area contributed by atoms with E-state index in [1.807, 2.05) is 11.4 Å². The van der Waals surface area contributed by atoms with Crippen LogP contribution in [0.25, 0.3) is 0 Å². The summed E-state index contributed by atoms with van der Waals surface area (Å²) in [5.74, 6) is 0.0316. The third-order valence-corrected chi connectivity index (χ3v) is 3.30. The highest BCUT2D eigenvalue weighted by atomic mass is 79.9. The molecule has 2 nitrogen and oxygen atoms in total. The lowest BCUT2D eigenvalue weighted by atomic mass is 10.3. The lowest BCUT2D eigenvalue weighted by Crippen LogP contribution is -2.23. The van der Waals surface area contributed by atoms with E-state index in [4.69, 9.17) is 0 Å². The van der Waals surface area contributed by atoms with Gasteiger partial charge in [0, 0.05) is 16.4 Å². The van der Waals surface area contributed by atoms with Crippen LogP contribution in [-0.2, 0) is 0 Å². The lowest BCUT2D eigenvalue weighted by molar-refractivity contribution is 0.0957. The van der Waals surface area contributed by atoms with Crippen LogP contribution < -0.4 is 5.32 Å². The van der Waals surface area contributed by atoms with Crippen molar-refractivity contribution in [1.29, 1.82) is 0 Å². The maximum atomic E-state index is 11.4. The molecular weight excluding hydrogens is 250 g/mol. The van der Waals surface area contributed by atoms with E-state index in [0.29, 0.717) is 0 Å². The van der Waals surface area contributed by atoms with Gasteiger partial charge in [0.1, 0.15) is 0 Å². The van der Waals surface area contributed by atoms with Crippen molar-refractivity contribution in [3.05, 3.63) is 20.8 Å². The molecule has 0 radical (unpaired) electrons. The Labute approximate surface area is 90.5 Å². The molecule has 1 N–H and O–H groups in total. The molecule has 0 saturated carbocycles. The largest absolute Gasteiger partial charge is 0.351 e. The Hall–Kier alpha value is -0.350. The van der Waals surface area contributed by atoms with Gasteiger partial charge < -0.3 is 5.32 Å². The standard InChI is InChI=1S/C9H12BrNOS/c1-2-3-4-11-9(12)8-5-7(10)6-13-8/h5-6H,2-4H2,1H3,(H,11,12). The van der Waals surface area contributed by atoms with Crippen molar-refractivity contribution in [1.82, 2.24) is 5.32 Å². The van der Waals surface area contributed by atoms with Crippen LogP contribution in [0.4, 0.5) is 0 Å². The monoisotopic (exact) mass is 261 g/mol.